The van der Waals surface area contributed by atoms with E-state index in [2.05, 4.69) is 4.72 Å². The summed E-state index contributed by atoms with van der Waals surface area (Å²) in [5.74, 6) is 0.789. The van der Waals surface area contributed by atoms with Crippen LogP contribution in [0.1, 0.15) is 5.56 Å². The van der Waals surface area contributed by atoms with Crippen LogP contribution in [0.2, 0.25) is 0 Å². The number of sulfonamides is 1. The Bertz CT molecular complexity index is 1010. The van der Waals surface area contributed by atoms with E-state index < -0.39 is 10.0 Å². The van der Waals surface area contributed by atoms with Crippen molar-refractivity contribution in [2.24, 2.45) is 0 Å². The highest BCUT2D eigenvalue weighted by molar-refractivity contribution is 7.92. The zero-order valence-corrected chi connectivity index (χ0v) is 14.7. The first-order valence-electron chi connectivity index (χ1n) is 7.73. The van der Waals surface area contributed by atoms with Crippen molar-refractivity contribution in [2.45, 2.75) is 11.8 Å². The van der Waals surface area contributed by atoms with Gasteiger partial charge in [-0.3, -0.25) is 4.72 Å². The number of aryl methyl sites for hydroxylation is 1. The van der Waals surface area contributed by atoms with E-state index in [1.165, 1.54) is 24.3 Å². The minimum Gasteiger partial charge on any atom is -0.508 e. The smallest absolute Gasteiger partial charge is 0.261 e. The van der Waals surface area contributed by atoms with Crippen molar-refractivity contribution >= 4 is 15.7 Å². The van der Waals surface area contributed by atoms with Gasteiger partial charge in [-0.2, -0.15) is 0 Å². The Hall–Kier alpha value is -3.19. The molecule has 0 spiro atoms. The quantitative estimate of drug-likeness (QED) is 0.630. The third-order valence-corrected chi connectivity index (χ3v) is 4.99. The van der Waals surface area contributed by atoms with Gasteiger partial charge in [0.05, 0.1) is 4.90 Å². The van der Waals surface area contributed by atoms with Gasteiger partial charge in [-0.15, -0.1) is 0 Å². The highest BCUT2D eigenvalue weighted by Gasteiger charge is 2.14. The first-order valence-corrected chi connectivity index (χ1v) is 9.21. The second kappa shape index (κ2) is 6.97. The molecule has 0 saturated carbocycles. The maximum Gasteiger partial charge on any atom is 0.261 e. The van der Waals surface area contributed by atoms with Gasteiger partial charge in [0.15, 0.2) is 11.5 Å². The zero-order valence-electron chi connectivity index (χ0n) is 13.9. The topological polar surface area (TPSA) is 95.9 Å². The van der Waals surface area contributed by atoms with Gasteiger partial charge in [0.1, 0.15) is 11.5 Å². The van der Waals surface area contributed by atoms with Crippen LogP contribution in [0.4, 0.5) is 5.69 Å². The first kappa shape index (κ1) is 17.6. The molecule has 0 aromatic heterocycles. The van der Waals surface area contributed by atoms with E-state index in [9.17, 15) is 18.6 Å². The maximum atomic E-state index is 12.3. The molecule has 3 aromatic carbocycles. The Morgan fingerprint density at radius 1 is 0.885 bits per heavy atom. The molecule has 7 heteroatoms. The molecule has 0 bridgehead atoms. The molecular formula is C19H17NO5S. The van der Waals surface area contributed by atoms with Crippen LogP contribution < -0.4 is 9.46 Å². The SMILES string of the molecule is Cc1ccc(Oc2ccc(NS(=O)(=O)c3ccc(O)cc3)cc2)c(O)c1. The van der Waals surface area contributed by atoms with Crippen molar-refractivity contribution in [1.29, 1.82) is 0 Å². The summed E-state index contributed by atoms with van der Waals surface area (Å²) in [6.07, 6.45) is 0. The molecule has 0 amide bonds. The van der Waals surface area contributed by atoms with Crippen LogP contribution in [0.25, 0.3) is 0 Å². The molecule has 0 radical (unpaired) electrons. The molecule has 0 fully saturated rings. The number of benzene rings is 3. The van der Waals surface area contributed by atoms with Gasteiger partial charge < -0.3 is 14.9 Å². The molecule has 0 aliphatic carbocycles. The Labute approximate surface area is 151 Å². The molecule has 6 nitrogen and oxygen atoms in total. The number of hydrogen-bond acceptors (Lipinski definition) is 5. The maximum absolute atomic E-state index is 12.3. The predicted octanol–water partition coefficient (Wildman–Crippen LogP) is 4.00. The van der Waals surface area contributed by atoms with Crippen molar-refractivity contribution in [2.75, 3.05) is 4.72 Å². The van der Waals surface area contributed by atoms with E-state index in [0.29, 0.717) is 17.2 Å². The largest absolute Gasteiger partial charge is 0.508 e. The van der Waals surface area contributed by atoms with E-state index >= 15 is 0 Å². The highest BCUT2D eigenvalue weighted by Crippen LogP contribution is 2.31. The molecule has 26 heavy (non-hydrogen) atoms. The van der Waals surface area contributed by atoms with Crippen molar-refractivity contribution in [3.63, 3.8) is 0 Å². The molecule has 3 rings (SSSR count). The molecule has 0 heterocycles. The van der Waals surface area contributed by atoms with E-state index in [0.717, 1.165) is 5.56 Å². The van der Waals surface area contributed by atoms with Crippen molar-refractivity contribution in [3.8, 4) is 23.0 Å². The Morgan fingerprint density at radius 3 is 2.15 bits per heavy atom. The lowest BCUT2D eigenvalue weighted by Gasteiger charge is -2.11. The summed E-state index contributed by atoms with van der Waals surface area (Å²) in [6.45, 7) is 1.86. The average molecular weight is 371 g/mol. The van der Waals surface area contributed by atoms with Crippen molar-refractivity contribution < 1.29 is 23.4 Å². The second-order valence-corrected chi connectivity index (χ2v) is 7.38. The number of ether oxygens (including phenoxy) is 1. The lowest BCUT2D eigenvalue weighted by molar-refractivity contribution is 0.411. The van der Waals surface area contributed by atoms with Crippen LogP contribution in [-0.2, 0) is 10.0 Å². The average Bonchev–Trinajstić information content (AvgIpc) is 2.59. The van der Waals surface area contributed by atoms with Gasteiger partial charge >= 0.3 is 0 Å². The monoisotopic (exact) mass is 371 g/mol. The summed E-state index contributed by atoms with van der Waals surface area (Å²) < 4.78 is 32.7. The summed E-state index contributed by atoms with van der Waals surface area (Å²) in [6, 6.07) is 16.6. The standard InChI is InChI=1S/C19H17NO5S/c1-13-2-11-19(18(22)12-13)25-16-7-3-14(4-8-16)20-26(23,24)17-9-5-15(21)6-10-17/h2-12,20-22H,1H3. The van der Waals surface area contributed by atoms with Crippen LogP contribution in [0.5, 0.6) is 23.0 Å². The van der Waals surface area contributed by atoms with E-state index in [1.807, 2.05) is 13.0 Å². The summed E-state index contributed by atoms with van der Waals surface area (Å²) in [7, 11) is -3.76. The van der Waals surface area contributed by atoms with Gasteiger partial charge in [-0.25, -0.2) is 8.42 Å². The molecule has 0 aliphatic heterocycles. The van der Waals surface area contributed by atoms with Gasteiger partial charge in [0.25, 0.3) is 10.0 Å². The number of phenols is 2. The Morgan fingerprint density at radius 2 is 1.54 bits per heavy atom. The fourth-order valence-electron chi connectivity index (χ4n) is 2.27. The van der Waals surface area contributed by atoms with E-state index in [1.54, 1.807) is 36.4 Å². The summed E-state index contributed by atoms with van der Waals surface area (Å²) >= 11 is 0. The summed E-state index contributed by atoms with van der Waals surface area (Å²) in [4.78, 5) is 0.0419. The molecule has 3 N–H and O–H groups in total. The molecule has 134 valence electrons. The molecule has 0 aliphatic rings. The number of hydrogen-bond donors (Lipinski definition) is 3. The number of aromatic hydroxyl groups is 2. The minimum absolute atomic E-state index is 0.00944. The van der Waals surface area contributed by atoms with Crippen molar-refractivity contribution in [3.05, 3.63) is 72.3 Å². The third-order valence-electron chi connectivity index (χ3n) is 3.60. The van der Waals surface area contributed by atoms with Crippen LogP contribution in [0, 0.1) is 6.92 Å². The fraction of sp³-hybridized carbons (Fsp3) is 0.0526. The minimum atomic E-state index is -3.76. The molecular weight excluding hydrogens is 354 g/mol. The molecule has 0 unspecified atom stereocenters. The van der Waals surface area contributed by atoms with Crippen LogP contribution in [-0.4, -0.2) is 18.6 Å². The second-order valence-electron chi connectivity index (χ2n) is 5.70. The lowest BCUT2D eigenvalue weighted by atomic mass is 10.2. The molecule has 0 saturated heterocycles. The normalized spacial score (nSPS) is 11.1. The first-order chi connectivity index (χ1) is 12.3. The van der Waals surface area contributed by atoms with E-state index in [4.69, 9.17) is 4.74 Å². The van der Waals surface area contributed by atoms with Crippen LogP contribution in [0.3, 0.4) is 0 Å². The van der Waals surface area contributed by atoms with Gasteiger partial charge in [-0.1, -0.05) is 6.07 Å². The zero-order chi connectivity index (χ0) is 18.7. The summed E-state index contributed by atoms with van der Waals surface area (Å²) in [5, 5.41) is 19.1. The van der Waals surface area contributed by atoms with Gasteiger partial charge in [0, 0.05) is 5.69 Å². The van der Waals surface area contributed by atoms with Crippen LogP contribution in [0.15, 0.2) is 71.6 Å². The number of rotatable bonds is 5. The summed E-state index contributed by atoms with van der Waals surface area (Å²) in [5.41, 5.74) is 1.27. The fourth-order valence-corrected chi connectivity index (χ4v) is 3.33. The highest BCUT2D eigenvalue weighted by atomic mass is 32.2. The van der Waals surface area contributed by atoms with E-state index in [-0.39, 0.29) is 16.4 Å². The Balaban J connectivity index is 1.74. The number of anilines is 1. The third kappa shape index (κ3) is 4.07. The van der Waals surface area contributed by atoms with Gasteiger partial charge in [0.2, 0.25) is 0 Å². The Kier molecular flexibility index (Phi) is 4.73. The molecule has 3 aromatic rings. The number of phenolic OH excluding ortho intramolecular Hbond substituents is 2. The molecule has 0 atom stereocenters. The van der Waals surface area contributed by atoms with Crippen LogP contribution >= 0.6 is 0 Å². The number of nitrogens with one attached hydrogen (secondary N) is 1. The van der Waals surface area contributed by atoms with Gasteiger partial charge in [-0.05, 0) is 73.2 Å². The lowest BCUT2D eigenvalue weighted by Crippen LogP contribution is -2.12. The predicted molar refractivity (Wildman–Crippen MR) is 98.3 cm³/mol. The van der Waals surface area contributed by atoms with Crippen molar-refractivity contribution in [1.82, 2.24) is 0 Å².